The molecule has 2 aromatic heterocycles. The van der Waals surface area contributed by atoms with Crippen molar-refractivity contribution in [1.82, 2.24) is 19.6 Å². The van der Waals surface area contributed by atoms with Crippen LogP contribution in [0.2, 0.25) is 0 Å². The summed E-state index contributed by atoms with van der Waals surface area (Å²) in [6.45, 7) is 1.83. The topological polar surface area (TPSA) is 108 Å². The van der Waals surface area contributed by atoms with Crippen LogP contribution in [0, 0.1) is 11.6 Å². The Kier molecular flexibility index (Phi) is 6.82. The molecule has 220 valence electrons. The number of amides is 1. The summed E-state index contributed by atoms with van der Waals surface area (Å²) in [5.74, 6) is -0.852. The summed E-state index contributed by atoms with van der Waals surface area (Å²) in [5.41, 5.74) is 2.08. The molecule has 1 amide bonds. The van der Waals surface area contributed by atoms with Gasteiger partial charge in [-0.15, -0.1) is 0 Å². The van der Waals surface area contributed by atoms with Gasteiger partial charge in [-0.3, -0.25) is 4.79 Å². The highest BCUT2D eigenvalue weighted by Crippen LogP contribution is 2.38. The second kappa shape index (κ2) is 10.3. The van der Waals surface area contributed by atoms with Crippen molar-refractivity contribution >= 4 is 39.1 Å². The van der Waals surface area contributed by atoms with Crippen LogP contribution >= 0.6 is 0 Å². The van der Waals surface area contributed by atoms with Gasteiger partial charge in [0.15, 0.2) is 0 Å². The molecule has 0 spiro atoms. The van der Waals surface area contributed by atoms with E-state index < -0.39 is 39.0 Å². The molecule has 8 nitrogen and oxygen atoms in total. The predicted molar refractivity (Wildman–Crippen MR) is 161 cm³/mol. The number of furan rings is 1. The first-order chi connectivity index (χ1) is 20.4. The first-order valence-corrected chi connectivity index (χ1v) is 15.3. The van der Waals surface area contributed by atoms with Gasteiger partial charge < -0.3 is 14.7 Å². The van der Waals surface area contributed by atoms with E-state index in [2.05, 4.69) is 15.3 Å². The van der Waals surface area contributed by atoms with Crippen LogP contribution in [0.5, 0.6) is 0 Å². The van der Waals surface area contributed by atoms with Crippen molar-refractivity contribution in [3.8, 4) is 22.7 Å². The molecule has 2 atom stereocenters. The summed E-state index contributed by atoms with van der Waals surface area (Å²) in [5, 5.41) is 3.08. The van der Waals surface area contributed by atoms with E-state index in [9.17, 15) is 17.6 Å². The van der Waals surface area contributed by atoms with Crippen molar-refractivity contribution in [2.75, 3.05) is 20.4 Å². The minimum absolute atomic E-state index is 0.209. The van der Waals surface area contributed by atoms with Gasteiger partial charge in [0.05, 0.1) is 34.5 Å². The number of aromatic amines is 1. The lowest BCUT2D eigenvalue weighted by atomic mass is 9.72. The Morgan fingerprint density at radius 2 is 1.81 bits per heavy atom. The van der Waals surface area contributed by atoms with Gasteiger partial charge in [0, 0.05) is 30.3 Å². The predicted octanol–water partition coefficient (Wildman–Crippen LogP) is 3.92. The molecule has 1 aliphatic rings. The number of imidazole rings is 1. The molecule has 2 N–H and O–H groups in total. The minimum Gasteiger partial charge on any atom is -0.456 e. The van der Waals surface area contributed by atoms with Gasteiger partial charge in [0.2, 0.25) is 10.0 Å². The lowest BCUT2D eigenvalue weighted by molar-refractivity contribution is 0.0962. The number of nitrogens with zero attached hydrogens (tertiary/aromatic N) is 2. The number of hydrogen-bond donors (Lipinski definition) is 2. The largest absolute Gasteiger partial charge is 0.456 e. The SMILES string of the molecule is CNC(=O)c1c(-c2ccc(F)cc2)oc2c1=CC(C)(c1ccc(F)c(-c3nc4ccccc4[nH]3)c1)C(N(C)S(C)(=O)=O)C=2. The number of fused-ring (bicyclic) bond motifs is 2. The first-order valence-electron chi connectivity index (χ1n) is 13.4. The van der Waals surface area contributed by atoms with Crippen molar-refractivity contribution < 1.29 is 26.4 Å². The molecule has 0 bridgehead atoms. The van der Waals surface area contributed by atoms with E-state index in [1.807, 2.05) is 31.2 Å². The second-order valence-corrected chi connectivity index (χ2v) is 12.8. The van der Waals surface area contributed by atoms with Crippen molar-refractivity contribution in [3.63, 3.8) is 0 Å². The summed E-state index contributed by atoms with van der Waals surface area (Å²) in [6.07, 6.45) is 4.54. The van der Waals surface area contributed by atoms with Crippen LogP contribution in [0.25, 0.3) is 45.9 Å². The van der Waals surface area contributed by atoms with E-state index in [0.717, 1.165) is 11.8 Å². The molecule has 6 rings (SSSR count). The fourth-order valence-electron chi connectivity index (χ4n) is 5.65. The highest BCUT2D eigenvalue weighted by Gasteiger charge is 2.42. The number of benzene rings is 3. The Balaban J connectivity index is 1.62. The summed E-state index contributed by atoms with van der Waals surface area (Å²) in [4.78, 5) is 21.0. The fourth-order valence-corrected chi connectivity index (χ4v) is 6.34. The van der Waals surface area contributed by atoms with Gasteiger partial charge in [-0.1, -0.05) is 31.2 Å². The Morgan fingerprint density at radius 3 is 2.49 bits per heavy atom. The maximum atomic E-state index is 15.3. The maximum Gasteiger partial charge on any atom is 0.255 e. The number of para-hydroxylation sites is 2. The fraction of sp³-hybridized carbons (Fsp3) is 0.188. The number of carbonyl (C=O) groups is 1. The second-order valence-electron chi connectivity index (χ2n) is 10.8. The standard InChI is InChI=1S/C32H28F2N4O4S/c1-32(19-11-14-23(34)21(15-19)30-36-24-7-5-6-8-25(24)37-30)17-22-26(16-27(32)38(3)43(4,40)41)42-29(28(22)31(39)35-2)18-9-12-20(33)13-10-18/h5-17,27H,1-4H3,(H,35,39)(H,36,37). The van der Waals surface area contributed by atoms with Crippen LogP contribution < -0.4 is 16.0 Å². The molecule has 0 aliphatic heterocycles. The smallest absolute Gasteiger partial charge is 0.255 e. The van der Waals surface area contributed by atoms with E-state index in [1.54, 1.807) is 24.3 Å². The molecule has 2 heterocycles. The van der Waals surface area contributed by atoms with E-state index in [1.165, 1.54) is 48.7 Å². The minimum atomic E-state index is -3.73. The molecule has 0 saturated heterocycles. The average Bonchev–Trinajstić information content (AvgIpc) is 3.57. The maximum absolute atomic E-state index is 15.3. The van der Waals surface area contributed by atoms with Crippen LogP contribution in [-0.2, 0) is 15.4 Å². The molecular formula is C32H28F2N4O4S. The third-order valence-corrected chi connectivity index (χ3v) is 9.32. The molecule has 0 fully saturated rings. The van der Waals surface area contributed by atoms with Crippen molar-refractivity contribution in [2.24, 2.45) is 0 Å². The van der Waals surface area contributed by atoms with Gasteiger partial charge >= 0.3 is 0 Å². The molecule has 0 radical (unpaired) electrons. The van der Waals surface area contributed by atoms with E-state index >= 15 is 4.39 Å². The van der Waals surface area contributed by atoms with Crippen LogP contribution in [0.15, 0.2) is 71.1 Å². The molecule has 2 unspecified atom stereocenters. The summed E-state index contributed by atoms with van der Waals surface area (Å²) in [6, 6.07) is 16.6. The number of rotatable bonds is 6. The van der Waals surface area contributed by atoms with E-state index in [-0.39, 0.29) is 22.3 Å². The molecule has 1 aliphatic carbocycles. The summed E-state index contributed by atoms with van der Waals surface area (Å²) in [7, 11) is -0.779. The van der Waals surface area contributed by atoms with Crippen LogP contribution in [0.4, 0.5) is 8.78 Å². The molecule has 11 heteroatoms. The average molecular weight is 603 g/mol. The Hall–Kier alpha value is -4.61. The normalized spacial score (nSPS) is 18.3. The van der Waals surface area contributed by atoms with E-state index in [4.69, 9.17) is 4.42 Å². The van der Waals surface area contributed by atoms with Crippen LogP contribution in [0.3, 0.4) is 0 Å². The Morgan fingerprint density at radius 1 is 1.09 bits per heavy atom. The monoisotopic (exact) mass is 602 g/mol. The van der Waals surface area contributed by atoms with Gasteiger partial charge in [0.25, 0.3) is 5.91 Å². The quantitative estimate of drug-likeness (QED) is 0.306. The molecule has 5 aromatic rings. The van der Waals surface area contributed by atoms with Gasteiger partial charge in [-0.05, 0) is 60.2 Å². The van der Waals surface area contributed by atoms with Gasteiger partial charge in [-0.2, -0.15) is 4.31 Å². The zero-order valence-electron chi connectivity index (χ0n) is 23.8. The molecule has 3 aromatic carbocycles. The Labute approximate surface area is 246 Å². The number of hydrogen-bond acceptors (Lipinski definition) is 5. The number of carbonyl (C=O) groups excluding carboxylic acids is 1. The molecule has 0 saturated carbocycles. The number of likely N-dealkylation sites (N-methyl/N-ethyl adjacent to an activating group) is 1. The third kappa shape index (κ3) is 4.84. The number of nitrogens with one attached hydrogen (secondary N) is 2. The third-order valence-electron chi connectivity index (χ3n) is 8.05. The number of H-pyrrole nitrogens is 1. The van der Waals surface area contributed by atoms with Crippen molar-refractivity contribution in [2.45, 2.75) is 18.4 Å². The number of sulfonamides is 1. The lowest BCUT2D eigenvalue weighted by Crippen LogP contribution is -2.52. The first kappa shape index (κ1) is 28.5. The molecule has 43 heavy (non-hydrogen) atoms. The number of halogens is 2. The molecular weight excluding hydrogens is 574 g/mol. The zero-order valence-corrected chi connectivity index (χ0v) is 24.6. The van der Waals surface area contributed by atoms with E-state index in [0.29, 0.717) is 27.7 Å². The lowest BCUT2D eigenvalue weighted by Gasteiger charge is -2.40. The van der Waals surface area contributed by atoms with Crippen LogP contribution in [-0.4, -0.2) is 55.0 Å². The summed E-state index contributed by atoms with van der Waals surface area (Å²) < 4.78 is 62.2. The number of aromatic nitrogens is 2. The summed E-state index contributed by atoms with van der Waals surface area (Å²) >= 11 is 0. The van der Waals surface area contributed by atoms with Crippen molar-refractivity contribution in [1.29, 1.82) is 0 Å². The van der Waals surface area contributed by atoms with Gasteiger partial charge in [0.1, 0.15) is 28.6 Å². The zero-order chi connectivity index (χ0) is 30.7. The van der Waals surface area contributed by atoms with Gasteiger partial charge in [-0.25, -0.2) is 22.2 Å². The highest BCUT2D eigenvalue weighted by atomic mass is 32.2. The van der Waals surface area contributed by atoms with Crippen molar-refractivity contribution in [3.05, 3.63) is 100 Å². The van der Waals surface area contributed by atoms with Crippen LogP contribution in [0.1, 0.15) is 22.8 Å². The Bertz CT molecular complexity index is 2110. The highest BCUT2D eigenvalue weighted by molar-refractivity contribution is 7.88.